The van der Waals surface area contributed by atoms with Crippen molar-refractivity contribution in [3.8, 4) is 0 Å². The van der Waals surface area contributed by atoms with Gasteiger partial charge in [-0.05, 0) is 48.9 Å². The molecule has 3 amide bonds. The largest absolute Gasteiger partial charge is 0.327 e. The Balaban J connectivity index is 1.94. The number of halogens is 2. The van der Waals surface area contributed by atoms with E-state index in [4.69, 9.17) is 11.6 Å². The molecule has 1 aliphatic rings. The molecule has 128 valence electrons. The molecular weight excluding hydrogens is 345 g/mol. The topological polar surface area (TPSA) is 70.2 Å². The van der Waals surface area contributed by atoms with Crippen LogP contribution in [0.15, 0.2) is 59.8 Å². The van der Waals surface area contributed by atoms with E-state index in [1.54, 1.807) is 31.2 Å². The molecule has 3 rings (SSSR count). The summed E-state index contributed by atoms with van der Waals surface area (Å²) in [6, 6.07) is 11.3. The van der Waals surface area contributed by atoms with Gasteiger partial charge in [0.1, 0.15) is 5.82 Å². The van der Waals surface area contributed by atoms with Crippen LogP contribution in [-0.4, -0.2) is 11.9 Å². The number of hydrogen-bond acceptors (Lipinski definition) is 2. The Morgan fingerprint density at radius 3 is 2.60 bits per heavy atom. The Hall–Kier alpha value is -2.86. The summed E-state index contributed by atoms with van der Waals surface area (Å²) >= 11 is 6.03. The average Bonchev–Trinajstić information content (AvgIpc) is 2.56. The molecule has 2 aromatic carbocycles. The second-order valence-electron chi connectivity index (χ2n) is 5.59. The van der Waals surface area contributed by atoms with Crippen molar-refractivity contribution >= 4 is 29.2 Å². The second-order valence-corrected chi connectivity index (χ2v) is 6.02. The maximum absolute atomic E-state index is 13.0. The SMILES string of the molecule is CC1=C(C(=O)Nc2ccc(F)cc2)C(c2cccc(Cl)c2)NC(=O)N1. The van der Waals surface area contributed by atoms with Crippen molar-refractivity contribution in [2.24, 2.45) is 0 Å². The first-order valence-electron chi connectivity index (χ1n) is 7.54. The smallest absolute Gasteiger partial charge is 0.319 e. The third-order valence-electron chi connectivity index (χ3n) is 3.80. The number of carbonyl (C=O) groups excluding carboxylic acids is 2. The molecular formula is C18H15ClFN3O2. The van der Waals surface area contributed by atoms with Crippen molar-refractivity contribution in [2.75, 3.05) is 5.32 Å². The van der Waals surface area contributed by atoms with Gasteiger partial charge < -0.3 is 16.0 Å². The Labute approximate surface area is 148 Å². The molecule has 5 nitrogen and oxygen atoms in total. The first-order valence-corrected chi connectivity index (χ1v) is 7.92. The summed E-state index contributed by atoms with van der Waals surface area (Å²) in [7, 11) is 0. The highest BCUT2D eigenvalue weighted by Gasteiger charge is 2.31. The van der Waals surface area contributed by atoms with Gasteiger partial charge in [0.05, 0.1) is 11.6 Å². The van der Waals surface area contributed by atoms with Gasteiger partial charge in [-0.3, -0.25) is 4.79 Å². The van der Waals surface area contributed by atoms with E-state index in [0.717, 1.165) is 0 Å². The molecule has 0 radical (unpaired) electrons. The summed E-state index contributed by atoms with van der Waals surface area (Å²) < 4.78 is 13.0. The number of benzene rings is 2. The number of nitrogens with one attached hydrogen (secondary N) is 3. The van der Waals surface area contributed by atoms with Gasteiger partial charge in [0, 0.05) is 16.4 Å². The van der Waals surface area contributed by atoms with Gasteiger partial charge in [-0.1, -0.05) is 23.7 Å². The summed E-state index contributed by atoms with van der Waals surface area (Å²) in [5.41, 5.74) is 1.93. The van der Waals surface area contributed by atoms with Gasteiger partial charge >= 0.3 is 6.03 Å². The first-order chi connectivity index (χ1) is 11.9. The molecule has 2 aromatic rings. The molecule has 0 aromatic heterocycles. The van der Waals surface area contributed by atoms with Crippen molar-refractivity contribution in [3.05, 3.63) is 76.2 Å². The van der Waals surface area contributed by atoms with E-state index in [-0.39, 0.29) is 0 Å². The van der Waals surface area contributed by atoms with Crippen molar-refractivity contribution in [1.82, 2.24) is 10.6 Å². The van der Waals surface area contributed by atoms with Crippen molar-refractivity contribution in [2.45, 2.75) is 13.0 Å². The van der Waals surface area contributed by atoms with Crippen LogP contribution in [0.5, 0.6) is 0 Å². The fourth-order valence-electron chi connectivity index (χ4n) is 2.66. The fourth-order valence-corrected chi connectivity index (χ4v) is 2.86. The van der Waals surface area contributed by atoms with Crippen LogP contribution in [-0.2, 0) is 4.79 Å². The van der Waals surface area contributed by atoms with Crippen LogP contribution >= 0.6 is 11.6 Å². The van der Waals surface area contributed by atoms with E-state index < -0.39 is 23.8 Å². The number of carbonyl (C=O) groups is 2. The van der Waals surface area contributed by atoms with Crippen LogP contribution < -0.4 is 16.0 Å². The summed E-state index contributed by atoms with van der Waals surface area (Å²) in [6.07, 6.45) is 0. The highest BCUT2D eigenvalue weighted by atomic mass is 35.5. The maximum atomic E-state index is 13.0. The van der Waals surface area contributed by atoms with Crippen LogP contribution in [0.1, 0.15) is 18.5 Å². The monoisotopic (exact) mass is 359 g/mol. The molecule has 1 unspecified atom stereocenters. The van der Waals surface area contributed by atoms with E-state index in [1.165, 1.54) is 24.3 Å². The number of rotatable bonds is 3. The molecule has 1 heterocycles. The number of amides is 3. The zero-order valence-electron chi connectivity index (χ0n) is 13.3. The minimum absolute atomic E-state index is 0.353. The van der Waals surface area contributed by atoms with Gasteiger partial charge in [-0.25, -0.2) is 9.18 Å². The van der Waals surface area contributed by atoms with Crippen LogP contribution in [0.25, 0.3) is 0 Å². The predicted molar refractivity (Wildman–Crippen MR) is 93.6 cm³/mol. The Kier molecular flexibility index (Phi) is 4.72. The third-order valence-corrected chi connectivity index (χ3v) is 4.03. The highest BCUT2D eigenvalue weighted by Crippen LogP contribution is 2.29. The molecule has 0 bridgehead atoms. The van der Waals surface area contributed by atoms with Gasteiger partial charge in [-0.15, -0.1) is 0 Å². The summed E-state index contributed by atoms with van der Waals surface area (Å²) in [5.74, 6) is -0.793. The zero-order valence-corrected chi connectivity index (χ0v) is 14.0. The van der Waals surface area contributed by atoms with Crippen LogP contribution in [0.4, 0.5) is 14.9 Å². The summed E-state index contributed by atoms with van der Waals surface area (Å²) in [5, 5.41) is 8.54. The molecule has 0 saturated heterocycles. The molecule has 1 aliphatic heterocycles. The number of anilines is 1. The summed E-state index contributed by atoms with van der Waals surface area (Å²) in [4.78, 5) is 24.6. The molecule has 25 heavy (non-hydrogen) atoms. The van der Waals surface area contributed by atoms with E-state index in [2.05, 4.69) is 16.0 Å². The summed E-state index contributed by atoms with van der Waals surface area (Å²) in [6.45, 7) is 1.65. The molecule has 0 fully saturated rings. The van der Waals surface area contributed by atoms with E-state index >= 15 is 0 Å². The Morgan fingerprint density at radius 2 is 1.92 bits per heavy atom. The molecule has 0 aliphatic carbocycles. The fraction of sp³-hybridized carbons (Fsp3) is 0.111. The number of urea groups is 1. The zero-order chi connectivity index (χ0) is 18.0. The maximum Gasteiger partial charge on any atom is 0.319 e. The lowest BCUT2D eigenvalue weighted by atomic mass is 9.95. The van der Waals surface area contributed by atoms with Gasteiger partial charge in [0.15, 0.2) is 0 Å². The quantitative estimate of drug-likeness (QED) is 0.781. The normalized spacial score (nSPS) is 16.9. The van der Waals surface area contributed by atoms with Gasteiger partial charge in [-0.2, -0.15) is 0 Å². The lowest BCUT2D eigenvalue weighted by molar-refractivity contribution is -0.113. The number of allylic oxidation sites excluding steroid dienone is 1. The van der Waals surface area contributed by atoms with Crippen molar-refractivity contribution in [3.63, 3.8) is 0 Å². The standard InChI is InChI=1S/C18H15ClFN3O2/c1-10-15(17(24)22-14-7-5-13(20)6-8-14)16(23-18(25)21-10)11-3-2-4-12(19)9-11/h2-9,16H,1H3,(H,22,24)(H2,21,23,25). The number of hydrogen-bond donors (Lipinski definition) is 3. The molecule has 0 saturated carbocycles. The minimum Gasteiger partial charge on any atom is -0.327 e. The van der Waals surface area contributed by atoms with Crippen LogP contribution in [0, 0.1) is 5.82 Å². The molecule has 0 spiro atoms. The Bertz CT molecular complexity index is 865. The first kappa shape index (κ1) is 17.0. The van der Waals surface area contributed by atoms with Crippen molar-refractivity contribution in [1.29, 1.82) is 0 Å². The highest BCUT2D eigenvalue weighted by molar-refractivity contribution is 6.30. The van der Waals surface area contributed by atoms with Gasteiger partial charge in [0.25, 0.3) is 5.91 Å². The lowest BCUT2D eigenvalue weighted by Crippen LogP contribution is -2.45. The minimum atomic E-state index is -0.645. The Morgan fingerprint density at radius 1 is 1.20 bits per heavy atom. The van der Waals surface area contributed by atoms with Crippen LogP contribution in [0.3, 0.4) is 0 Å². The van der Waals surface area contributed by atoms with Crippen molar-refractivity contribution < 1.29 is 14.0 Å². The molecule has 7 heteroatoms. The second kappa shape index (κ2) is 6.94. The molecule has 1 atom stereocenters. The van der Waals surface area contributed by atoms with Gasteiger partial charge in [0.2, 0.25) is 0 Å². The van der Waals surface area contributed by atoms with Crippen LogP contribution in [0.2, 0.25) is 5.02 Å². The average molecular weight is 360 g/mol. The third kappa shape index (κ3) is 3.80. The lowest BCUT2D eigenvalue weighted by Gasteiger charge is -2.28. The predicted octanol–water partition coefficient (Wildman–Crippen LogP) is 3.75. The van der Waals surface area contributed by atoms with E-state index in [0.29, 0.717) is 27.5 Å². The van der Waals surface area contributed by atoms with E-state index in [9.17, 15) is 14.0 Å². The molecule has 3 N–H and O–H groups in total. The van der Waals surface area contributed by atoms with E-state index in [1.807, 2.05) is 0 Å².